The summed E-state index contributed by atoms with van der Waals surface area (Å²) in [6, 6.07) is 4.75. The Kier molecular flexibility index (Phi) is 4.97. The molecule has 104 valence electrons. The van der Waals surface area contributed by atoms with Gasteiger partial charge in [-0.1, -0.05) is 25.5 Å². The topological polar surface area (TPSA) is 28.2 Å². The maximum atomic E-state index is 4.64. The van der Waals surface area contributed by atoms with Gasteiger partial charge in [0, 0.05) is 19.1 Å². The van der Waals surface area contributed by atoms with Gasteiger partial charge in [0.25, 0.3) is 0 Å². The van der Waals surface area contributed by atoms with Gasteiger partial charge < -0.3 is 10.2 Å². The highest BCUT2D eigenvalue weighted by Crippen LogP contribution is 2.21. The van der Waals surface area contributed by atoms with Crippen LogP contribution >= 0.6 is 0 Å². The van der Waals surface area contributed by atoms with Crippen LogP contribution in [0, 0.1) is 0 Å². The van der Waals surface area contributed by atoms with Gasteiger partial charge in [-0.3, -0.25) is 4.98 Å². The second-order valence-electron chi connectivity index (χ2n) is 5.21. The van der Waals surface area contributed by atoms with Crippen LogP contribution in [-0.4, -0.2) is 24.6 Å². The second kappa shape index (κ2) is 6.71. The van der Waals surface area contributed by atoms with E-state index < -0.39 is 0 Å². The molecule has 1 aliphatic rings. The lowest BCUT2D eigenvalue weighted by Crippen LogP contribution is -2.28. The van der Waals surface area contributed by atoms with Gasteiger partial charge in [0.15, 0.2) is 0 Å². The standard InChI is InChI=1S/C16H25N3/c1-4-15(17-5-2)16-7-6-14(12-18-16)19-10-8-13(3)9-11-19/h6-8,12,15,17H,4-5,9-11H2,1-3H3. The van der Waals surface area contributed by atoms with Gasteiger partial charge in [-0.05, 0) is 38.4 Å². The maximum Gasteiger partial charge on any atom is 0.0574 e. The van der Waals surface area contributed by atoms with Gasteiger partial charge in [0.2, 0.25) is 0 Å². The quantitative estimate of drug-likeness (QED) is 0.822. The van der Waals surface area contributed by atoms with E-state index in [1.807, 2.05) is 6.20 Å². The van der Waals surface area contributed by atoms with Crippen molar-refractivity contribution in [1.29, 1.82) is 0 Å². The van der Waals surface area contributed by atoms with Crippen LogP contribution in [0.2, 0.25) is 0 Å². The molecule has 0 saturated carbocycles. The maximum absolute atomic E-state index is 4.64. The normalized spacial score (nSPS) is 17.2. The van der Waals surface area contributed by atoms with Crippen molar-refractivity contribution in [1.82, 2.24) is 10.3 Å². The number of hydrogen-bond donors (Lipinski definition) is 1. The van der Waals surface area contributed by atoms with Crippen LogP contribution in [0.15, 0.2) is 30.0 Å². The molecule has 1 atom stereocenters. The van der Waals surface area contributed by atoms with Crippen LogP contribution < -0.4 is 10.2 Å². The highest BCUT2D eigenvalue weighted by atomic mass is 15.1. The summed E-state index contributed by atoms with van der Waals surface area (Å²) < 4.78 is 0. The fourth-order valence-electron chi connectivity index (χ4n) is 2.50. The molecule has 0 spiro atoms. The SMILES string of the molecule is CCNC(CC)c1ccc(N2CC=C(C)CC2)cn1. The van der Waals surface area contributed by atoms with Crippen molar-refractivity contribution >= 4 is 5.69 Å². The summed E-state index contributed by atoms with van der Waals surface area (Å²) in [6.45, 7) is 9.64. The molecule has 0 radical (unpaired) electrons. The average Bonchev–Trinajstić information content (AvgIpc) is 2.46. The molecule has 0 saturated heterocycles. The molecule has 1 aromatic heterocycles. The van der Waals surface area contributed by atoms with Crippen LogP contribution in [0.25, 0.3) is 0 Å². The van der Waals surface area contributed by atoms with Crippen molar-refractivity contribution in [2.75, 3.05) is 24.5 Å². The Morgan fingerprint density at radius 2 is 2.21 bits per heavy atom. The molecule has 2 rings (SSSR count). The van der Waals surface area contributed by atoms with Crippen molar-refractivity contribution in [3.05, 3.63) is 35.7 Å². The Balaban J connectivity index is 2.05. The second-order valence-corrected chi connectivity index (χ2v) is 5.21. The van der Waals surface area contributed by atoms with E-state index in [0.717, 1.165) is 38.2 Å². The van der Waals surface area contributed by atoms with Crippen LogP contribution in [0.1, 0.15) is 45.3 Å². The van der Waals surface area contributed by atoms with Crippen LogP contribution in [0.3, 0.4) is 0 Å². The molecule has 2 heterocycles. The zero-order valence-corrected chi connectivity index (χ0v) is 12.3. The van der Waals surface area contributed by atoms with Gasteiger partial charge in [-0.2, -0.15) is 0 Å². The molecule has 0 fully saturated rings. The molecule has 19 heavy (non-hydrogen) atoms. The zero-order valence-electron chi connectivity index (χ0n) is 12.3. The lowest BCUT2D eigenvalue weighted by Gasteiger charge is -2.27. The smallest absolute Gasteiger partial charge is 0.0574 e. The van der Waals surface area contributed by atoms with E-state index in [9.17, 15) is 0 Å². The van der Waals surface area contributed by atoms with Gasteiger partial charge in [-0.15, -0.1) is 0 Å². The number of anilines is 1. The van der Waals surface area contributed by atoms with Crippen LogP contribution in [0.5, 0.6) is 0 Å². The van der Waals surface area contributed by atoms with E-state index in [0.29, 0.717) is 6.04 Å². The number of pyridine rings is 1. The summed E-state index contributed by atoms with van der Waals surface area (Å²) in [5, 5.41) is 3.47. The molecule has 0 bridgehead atoms. The Hall–Kier alpha value is -1.35. The van der Waals surface area contributed by atoms with E-state index in [1.54, 1.807) is 0 Å². The van der Waals surface area contributed by atoms with Crippen molar-refractivity contribution in [2.45, 2.75) is 39.7 Å². The number of aromatic nitrogens is 1. The number of nitrogens with one attached hydrogen (secondary N) is 1. The van der Waals surface area contributed by atoms with E-state index in [4.69, 9.17) is 0 Å². The summed E-state index contributed by atoms with van der Waals surface area (Å²) in [6.07, 6.45) is 6.57. The fourth-order valence-corrected chi connectivity index (χ4v) is 2.50. The first-order valence-corrected chi connectivity index (χ1v) is 7.34. The first-order chi connectivity index (χ1) is 9.24. The molecule has 1 aliphatic heterocycles. The summed E-state index contributed by atoms with van der Waals surface area (Å²) in [5.74, 6) is 0. The number of nitrogens with zero attached hydrogens (tertiary/aromatic N) is 2. The molecular weight excluding hydrogens is 234 g/mol. The molecule has 3 nitrogen and oxygen atoms in total. The van der Waals surface area contributed by atoms with Crippen molar-refractivity contribution in [3.63, 3.8) is 0 Å². The Labute approximate surface area is 116 Å². The summed E-state index contributed by atoms with van der Waals surface area (Å²) >= 11 is 0. The summed E-state index contributed by atoms with van der Waals surface area (Å²) in [5.41, 5.74) is 3.88. The highest BCUT2D eigenvalue weighted by Gasteiger charge is 2.12. The van der Waals surface area contributed by atoms with E-state index in [1.165, 1.54) is 11.3 Å². The van der Waals surface area contributed by atoms with E-state index in [-0.39, 0.29) is 0 Å². The first-order valence-electron chi connectivity index (χ1n) is 7.34. The minimum absolute atomic E-state index is 0.377. The van der Waals surface area contributed by atoms with Gasteiger partial charge in [-0.25, -0.2) is 0 Å². The van der Waals surface area contributed by atoms with Crippen molar-refractivity contribution < 1.29 is 0 Å². The fraction of sp³-hybridized carbons (Fsp3) is 0.562. The molecule has 3 heteroatoms. The largest absolute Gasteiger partial charge is 0.366 e. The van der Waals surface area contributed by atoms with Crippen LogP contribution in [-0.2, 0) is 0 Å². The summed E-state index contributed by atoms with van der Waals surface area (Å²) in [4.78, 5) is 7.02. The predicted molar refractivity (Wildman–Crippen MR) is 81.5 cm³/mol. The van der Waals surface area contributed by atoms with Gasteiger partial charge in [0.05, 0.1) is 17.6 Å². The van der Waals surface area contributed by atoms with Crippen molar-refractivity contribution in [3.8, 4) is 0 Å². The number of hydrogen-bond acceptors (Lipinski definition) is 3. The monoisotopic (exact) mass is 259 g/mol. The third-order valence-corrected chi connectivity index (χ3v) is 3.79. The zero-order chi connectivity index (χ0) is 13.7. The summed E-state index contributed by atoms with van der Waals surface area (Å²) in [7, 11) is 0. The highest BCUT2D eigenvalue weighted by molar-refractivity contribution is 5.46. The average molecular weight is 259 g/mol. The molecule has 0 amide bonds. The number of rotatable bonds is 5. The Bertz CT molecular complexity index is 422. The molecule has 0 aliphatic carbocycles. The molecular formula is C16H25N3. The molecule has 0 aromatic carbocycles. The minimum Gasteiger partial charge on any atom is -0.366 e. The third kappa shape index (κ3) is 3.57. The van der Waals surface area contributed by atoms with Crippen LogP contribution in [0.4, 0.5) is 5.69 Å². The molecule has 1 unspecified atom stereocenters. The Morgan fingerprint density at radius 3 is 2.74 bits per heavy atom. The third-order valence-electron chi connectivity index (χ3n) is 3.79. The molecule has 1 aromatic rings. The first kappa shape index (κ1) is 14.1. The van der Waals surface area contributed by atoms with E-state index in [2.05, 4.69) is 54.2 Å². The van der Waals surface area contributed by atoms with Crippen molar-refractivity contribution in [2.24, 2.45) is 0 Å². The lowest BCUT2D eigenvalue weighted by molar-refractivity contribution is 0.525. The Morgan fingerprint density at radius 1 is 1.37 bits per heavy atom. The van der Waals surface area contributed by atoms with Gasteiger partial charge >= 0.3 is 0 Å². The minimum atomic E-state index is 0.377. The van der Waals surface area contributed by atoms with Gasteiger partial charge in [0.1, 0.15) is 0 Å². The predicted octanol–water partition coefficient (Wildman–Crippen LogP) is 3.30. The molecule has 1 N–H and O–H groups in total. The van der Waals surface area contributed by atoms with E-state index >= 15 is 0 Å². The lowest BCUT2D eigenvalue weighted by atomic mass is 10.1.